The van der Waals surface area contributed by atoms with Crippen molar-refractivity contribution in [2.24, 2.45) is 5.92 Å². The molecule has 18 heavy (non-hydrogen) atoms. The van der Waals surface area contributed by atoms with Crippen LogP contribution in [0.25, 0.3) is 0 Å². The molecule has 0 amide bonds. The molecule has 1 unspecified atom stereocenters. The molecule has 1 aliphatic rings. The first-order valence-corrected chi connectivity index (χ1v) is 6.07. The van der Waals surface area contributed by atoms with Crippen LogP contribution in [0.4, 0.5) is 17.5 Å². The molecule has 1 aromatic rings. The lowest BCUT2D eigenvalue weighted by Crippen LogP contribution is -2.31. The summed E-state index contributed by atoms with van der Waals surface area (Å²) in [6, 6.07) is 0.192. The average molecular weight is 251 g/mol. The van der Waals surface area contributed by atoms with Gasteiger partial charge in [-0.1, -0.05) is 6.42 Å². The second kappa shape index (κ2) is 5.16. The van der Waals surface area contributed by atoms with Crippen LogP contribution in [0.5, 0.6) is 0 Å². The minimum atomic E-state index is -0.463. The molecule has 98 valence electrons. The van der Waals surface area contributed by atoms with E-state index in [0.29, 0.717) is 17.7 Å². The van der Waals surface area contributed by atoms with Crippen molar-refractivity contribution >= 4 is 17.5 Å². The van der Waals surface area contributed by atoms with Crippen molar-refractivity contribution in [3.8, 4) is 0 Å². The standard InChI is InChI=1S/C11H17N5O2/c1-7(8-4-3-5-8)14-10-9(16(17)18)6-13-11(12-2)15-10/h6-8H,3-5H2,1-2H3,(H2,12,13,14,15). The second-order valence-electron chi connectivity index (χ2n) is 4.56. The third kappa shape index (κ3) is 2.49. The van der Waals surface area contributed by atoms with Crippen LogP contribution in [0.15, 0.2) is 6.20 Å². The predicted octanol–water partition coefficient (Wildman–Crippen LogP) is 2.03. The molecular weight excluding hydrogens is 234 g/mol. The van der Waals surface area contributed by atoms with E-state index in [1.807, 2.05) is 6.92 Å². The summed E-state index contributed by atoms with van der Waals surface area (Å²) in [6.07, 6.45) is 4.82. The largest absolute Gasteiger partial charge is 0.361 e. The van der Waals surface area contributed by atoms with E-state index in [4.69, 9.17) is 0 Å². The Balaban J connectivity index is 2.19. The molecule has 0 aliphatic heterocycles. The third-order valence-corrected chi connectivity index (χ3v) is 3.41. The zero-order valence-electron chi connectivity index (χ0n) is 10.5. The highest BCUT2D eigenvalue weighted by Crippen LogP contribution is 2.32. The normalized spacial score (nSPS) is 16.8. The van der Waals surface area contributed by atoms with Crippen LogP contribution in [0.3, 0.4) is 0 Å². The number of nitro groups is 1. The van der Waals surface area contributed by atoms with Gasteiger partial charge in [0.15, 0.2) is 0 Å². The zero-order valence-corrected chi connectivity index (χ0v) is 10.5. The number of aromatic nitrogens is 2. The molecule has 2 rings (SSSR count). The van der Waals surface area contributed by atoms with Crippen molar-refractivity contribution in [3.05, 3.63) is 16.3 Å². The van der Waals surface area contributed by atoms with Gasteiger partial charge in [-0.3, -0.25) is 10.1 Å². The van der Waals surface area contributed by atoms with Gasteiger partial charge in [-0.05, 0) is 25.7 Å². The Kier molecular flexibility index (Phi) is 3.59. The molecular formula is C11H17N5O2. The maximum absolute atomic E-state index is 10.9. The Morgan fingerprint density at radius 3 is 2.78 bits per heavy atom. The summed E-state index contributed by atoms with van der Waals surface area (Å²) < 4.78 is 0. The molecule has 7 heteroatoms. The molecule has 0 bridgehead atoms. The van der Waals surface area contributed by atoms with Crippen molar-refractivity contribution in [1.29, 1.82) is 0 Å². The predicted molar refractivity (Wildman–Crippen MR) is 68.7 cm³/mol. The highest BCUT2D eigenvalue weighted by molar-refractivity contribution is 5.57. The first kappa shape index (κ1) is 12.5. The molecule has 0 radical (unpaired) electrons. The van der Waals surface area contributed by atoms with Crippen LogP contribution in [0.1, 0.15) is 26.2 Å². The zero-order chi connectivity index (χ0) is 13.1. The molecule has 0 spiro atoms. The summed E-state index contributed by atoms with van der Waals surface area (Å²) in [5.74, 6) is 1.25. The quantitative estimate of drug-likeness (QED) is 0.614. The molecule has 2 N–H and O–H groups in total. The molecule has 7 nitrogen and oxygen atoms in total. The van der Waals surface area contributed by atoms with Crippen molar-refractivity contribution in [2.75, 3.05) is 17.7 Å². The summed E-state index contributed by atoms with van der Waals surface area (Å²) in [5.41, 5.74) is -0.0832. The summed E-state index contributed by atoms with van der Waals surface area (Å²) in [6.45, 7) is 2.04. The smallest absolute Gasteiger partial charge is 0.329 e. The van der Waals surface area contributed by atoms with Gasteiger partial charge >= 0.3 is 5.69 Å². The Hall–Kier alpha value is -1.92. The van der Waals surface area contributed by atoms with Gasteiger partial charge in [0.2, 0.25) is 11.8 Å². The first-order chi connectivity index (χ1) is 8.61. The summed E-state index contributed by atoms with van der Waals surface area (Å²) in [4.78, 5) is 18.4. The minimum absolute atomic E-state index is 0.0832. The van der Waals surface area contributed by atoms with E-state index in [0.717, 1.165) is 0 Å². The van der Waals surface area contributed by atoms with Crippen molar-refractivity contribution in [3.63, 3.8) is 0 Å². The fourth-order valence-corrected chi connectivity index (χ4v) is 2.01. The maximum Gasteiger partial charge on any atom is 0.329 e. The fourth-order valence-electron chi connectivity index (χ4n) is 2.01. The lowest BCUT2D eigenvalue weighted by atomic mass is 9.80. The lowest BCUT2D eigenvalue weighted by molar-refractivity contribution is -0.384. The van der Waals surface area contributed by atoms with E-state index < -0.39 is 4.92 Å². The van der Waals surface area contributed by atoms with Crippen molar-refractivity contribution in [2.45, 2.75) is 32.2 Å². The van der Waals surface area contributed by atoms with Gasteiger partial charge in [-0.15, -0.1) is 0 Å². The second-order valence-corrected chi connectivity index (χ2v) is 4.56. The number of anilines is 2. The number of nitrogens with zero attached hydrogens (tertiary/aromatic N) is 3. The van der Waals surface area contributed by atoms with E-state index in [1.165, 1.54) is 25.5 Å². The summed E-state index contributed by atoms with van der Waals surface area (Å²) in [7, 11) is 1.68. The Labute approximate surface area is 105 Å². The molecule has 1 aromatic heterocycles. The Morgan fingerprint density at radius 2 is 2.28 bits per heavy atom. The fraction of sp³-hybridized carbons (Fsp3) is 0.636. The first-order valence-electron chi connectivity index (χ1n) is 6.07. The monoisotopic (exact) mass is 251 g/mol. The maximum atomic E-state index is 10.9. The molecule has 1 aliphatic carbocycles. The summed E-state index contributed by atoms with van der Waals surface area (Å²) >= 11 is 0. The highest BCUT2D eigenvalue weighted by Gasteiger charge is 2.26. The van der Waals surface area contributed by atoms with Gasteiger partial charge in [-0.2, -0.15) is 4.98 Å². The number of hydrogen-bond donors (Lipinski definition) is 2. The van der Waals surface area contributed by atoms with Gasteiger partial charge < -0.3 is 10.6 Å². The van der Waals surface area contributed by atoms with Crippen LogP contribution >= 0.6 is 0 Å². The van der Waals surface area contributed by atoms with E-state index in [1.54, 1.807) is 7.05 Å². The van der Waals surface area contributed by atoms with Crippen LogP contribution in [-0.2, 0) is 0 Å². The Morgan fingerprint density at radius 1 is 1.56 bits per heavy atom. The van der Waals surface area contributed by atoms with Crippen LogP contribution < -0.4 is 10.6 Å². The van der Waals surface area contributed by atoms with Gasteiger partial charge in [-0.25, -0.2) is 4.98 Å². The SMILES string of the molecule is CNc1ncc([N+](=O)[O-])c(NC(C)C2CCC2)n1. The van der Waals surface area contributed by atoms with Gasteiger partial charge in [0.1, 0.15) is 6.20 Å². The van der Waals surface area contributed by atoms with Gasteiger partial charge in [0.05, 0.1) is 4.92 Å². The van der Waals surface area contributed by atoms with Gasteiger partial charge in [0, 0.05) is 13.1 Å². The van der Waals surface area contributed by atoms with Crippen LogP contribution in [0.2, 0.25) is 0 Å². The number of rotatable bonds is 5. The Bertz CT molecular complexity index is 447. The molecule has 0 aromatic carbocycles. The van der Waals surface area contributed by atoms with E-state index >= 15 is 0 Å². The number of nitrogens with one attached hydrogen (secondary N) is 2. The molecule has 1 heterocycles. The van der Waals surface area contributed by atoms with Crippen molar-refractivity contribution < 1.29 is 4.92 Å². The lowest BCUT2D eigenvalue weighted by Gasteiger charge is -2.32. The highest BCUT2D eigenvalue weighted by atomic mass is 16.6. The molecule has 1 atom stereocenters. The van der Waals surface area contributed by atoms with E-state index in [2.05, 4.69) is 20.6 Å². The van der Waals surface area contributed by atoms with E-state index in [-0.39, 0.29) is 11.7 Å². The van der Waals surface area contributed by atoms with Crippen LogP contribution in [0, 0.1) is 16.0 Å². The molecule has 1 fully saturated rings. The minimum Gasteiger partial charge on any atom is -0.361 e. The molecule has 1 saturated carbocycles. The van der Waals surface area contributed by atoms with Gasteiger partial charge in [0.25, 0.3) is 0 Å². The summed E-state index contributed by atoms with van der Waals surface area (Å²) in [5, 5.41) is 16.8. The van der Waals surface area contributed by atoms with Crippen molar-refractivity contribution in [1.82, 2.24) is 9.97 Å². The topological polar surface area (TPSA) is 93.0 Å². The van der Waals surface area contributed by atoms with Crippen LogP contribution in [-0.4, -0.2) is 28.0 Å². The third-order valence-electron chi connectivity index (χ3n) is 3.41. The number of hydrogen-bond acceptors (Lipinski definition) is 6. The average Bonchev–Trinajstić information content (AvgIpc) is 2.25. The molecule has 0 saturated heterocycles. The van der Waals surface area contributed by atoms with E-state index in [9.17, 15) is 10.1 Å².